The second-order valence-electron chi connectivity index (χ2n) is 10.9. The number of unbranched alkanes of at least 4 members (excludes halogenated alkanes) is 5. The number of aromatic hydroxyl groups is 1. The average molecular weight is 391 g/mol. The van der Waals surface area contributed by atoms with Gasteiger partial charge in [-0.3, -0.25) is 0 Å². The Bertz CT molecular complexity index is 538. The highest BCUT2D eigenvalue weighted by molar-refractivity contribution is 5.49. The molecule has 1 aromatic rings. The summed E-state index contributed by atoms with van der Waals surface area (Å²) in [5, 5.41) is 10.8. The van der Waals surface area contributed by atoms with E-state index in [1.54, 1.807) is 0 Å². The molecule has 162 valence electrons. The summed E-state index contributed by atoms with van der Waals surface area (Å²) in [4.78, 5) is 0. The Morgan fingerprint density at radius 2 is 1.25 bits per heavy atom. The number of hydrogen-bond acceptors (Lipinski definition) is 2. The molecular formula is C26H46O2. The van der Waals surface area contributed by atoms with Gasteiger partial charge in [-0.2, -0.15) is 0 Å². The lowest BCUT2D eigenvalue weighted by atomic mass is 9.78. The second-order valence-corrected chi connectivity index (χ2v) is 10.9. The molecule has 1 rings (SSSR count). The zero-order chi connectivity index (χ0) is 21.4. The van der Waals surface area contributed by atoms with Crippen LogP contribution in [-0.2, 0) is 22.2 Å². The number of benzene rings is 1. The molecule has 0 spiro atoms. The molecule has 0 aliphatic carbocycles. The molecule has 0 atom stereocenters. The van der Waals surface area contributed by atoms with E-state index >= 15 is 0 Å². The zero-order valence-corrected chi connectivity index (χ0v) is 20.0. The van der Waals surface area contributed by atoms with Gasteiger partial charge in [-0.25, -0.2) is 0 Å². The molecule has 1 N–H and O–H groups in total. The second kappa shape index (κ2) is 11.2. The lowest BCUT2D eigenvalue weighted by Gasteiger charge is -2.28. The van der Waals surface area contributed by atoms with Gasteiger partial charge in [-0.1, -0.05) is 93.9 Å². The molecule has 0 aliphatic heterocycles. The van der Waals surface area contributed by atoms with Gasteiger partial charge in [0.1, 0.15) is 5.75 Å². The largest absolute Gasteiger partial charge is 0.507 e. The molecule has 0 saturated carbocycles. The van der Waals surface area contributed by atoms with E-state index < -0.39 is 0 Å². The van der Waals surface area contributed by atoms with Crippen LogP contribution in [0, 0.1) is 5.92 Å². The fraction of sp³-hybridized carbons (Fsp3) is 0.769. The Kier molecular flexibility index (Phi) is 10.0. The highest BCUT2D eigenvalue weighted by Gasteiger charge is 2.26. The van der Waals surface area contributed by atoms with Crippen LogP contribution in [0.15, 0.2) is 12.1 Å². The third-order valence-electron chi connectivity index (χ3n) is 5.37. The van der Waals surface area contributed by atoms with E-state index in [4.69, 9.17) is 4.74 Å². The molecule has 0 fully saturated rings. The molecule has 1 aromatic carbocycles. The van der Waals surface area contributed by atoms with Crippen molar-refractivity contribution < 1.29 is 9.84 Å². The smallest absolute Gasteiger partial charge is 0.123 e. The van der Waals surface area contributed by atoms with Crippen LogP contribution in [0.5, 0.6) is 5.75 Å². The maximum absolute atomic E-state index is 10.8. The Labute approximate surface area is 175 Å². The third-order valence-corrected chi connectivity index (χ3v) is 5.37. The van der Waals surface area contributed by atoms with Gasteiger partial charge in [0.25, 0.3) is 0 Å². The van der Waals surface area contributed by atoms with Crippen molar-refractivity contribution >= 4 is 0 Å². The van der Waals surface area contributed by atoms with Crippen molar-refractivity contribution in [3.63, 3.8) is 0 Å². The maximum atomic E-state index is 10.8. The van der Waals surface area contributed by atoms with Crippen LogP contribution in [-0.4, -0.2) is 11.7 Å². The minimum absolute atomic E-state index is 0.0876. The predicted octanol–water partition coefficient (Wildman–Crippen LogP) is 7.89. The van der Waals surface area contributed by atoms with Gasteiger partial charge in [-0.15, -0.1) is 0 Å². The fourth-order valence-electron chi connectivity index (χ4n) is 3.57. The molecule has 28 heavy (non-hydrogen) atoms. The first-order valence-corrected chi connectivity index (χ1v) is 11.4. The molecule has 2 heteroatoms. The minimum Gasteiger partial charge on any atom is -0.507 e. The average Bonchev–Trinajstić information content (AvgIpc) is 2.55. The zero-order valence-electron chi connectivity index (χ0n) is 20.0. The first-order valence-electron chi connectivity index (χ1n) is 11.4. The summed E-state index contributed by atoms with van der Waals surface area (Å²) in [6, 6.07) is 4.25. The van der Waals surface area contributed by atoms with Crippen molar-refractivity contribution in [3.05, 3.63) is 28.8 Å². The monoisotopic (exact) mass is 390 g/mol. The molecular weight excluding hydrogens is 344 g/mol. The topological polar surface area (TPSA) is 29.5 Å². The van der Waals surface area contributed by atoms with Crippen molar-refractivity contribution in [1.29, 1.82) is 0 Å². The summed E-state index contributed by atoms with van der Waals surface area (Å²) in [6.45, 7) is 19.0. The molecule has 0 aliphatic rings. The van der Waals surface area contributed by atoms with E-state index in [9.17, 15) is 5.11 Å². The number of ether oxygens (including phenoxy) is 1. The lowest BCUT2D eigenvalue weighted by Crippen LogP contribution is -2.18. The number of phenols is 1. The van der Waals surface area contributed by atoms with Crippen LogP contribution in [0.3, 0.4) is 0 Å². The summed E-state index contributed by atoms with van der Waals surface area (Å²) in [5.41, 5.74) is 3.02. The van der Waals surface area contributed by atoms with Gasteiger partial charge >= 0.3 is 0 Å². The van der Waals surface area contributed by atoms with Crippen LogP contribution in [0.4, 0.5) is 0 Å². The van der Waals surface area contributed by atoms with Crippen molar-refractivity contribution in [3.8, 4) is 5.75 Å². The van der Waals surface area contributed by atoms with E-state index in [2.05, 4.69) is 67.5 Å². The SMILES string of the molecule is CC(C)CCCCCCCCOCc1cc(C(C)(C)C)c(O)c(C(C)(C)C)c1. The Hall–Kier alpha value is -1.02. The molecule has 0 radical (unpaired) electrons. The van der Waals surface area contributed by atoms with E-state index in [0.717, 1.165) is 30.1 Å². The third kappa shape index (κ3) is 8.99. The minimum atomic E-state index is -0.0876. The van der Waals surface area contributed by atoms with E-state index in [-0.39, 0.29) is 10.8 Å². The van der Waals surface area contributed by atoms with Crippen LogP contribution >= 0.6 is 0 Å². The first kappa shape index (κ1) is 25.0. The van der Waals surface area contributed by atoms with Crippen molar-refractivity contribution in [2.45, 2.75) is 118 Å². The Balaban J connectivity index is 2.48. The first-order chi connectivity index (χ1) is 12.9. The normalized spacial score (nSPS) is 12.8. The summed E-state index contributed by atoms with van der Waals surface area (Å²) in [6.07, 6.45) is 9.19. The summed E-state index contributed by atoms with van der Waals surface area (Å²) >= 11 is 0. The van der Waals surface area contributed by atoms with Gasteiger partial charge in [0, 0.05) is 6.61 Å². The van der Waals surface area contributed by atoms with Crippen LogP contribution in [0.2, 0.25) is 0 Å². The Morgan fingerprint density at radius 3 is 1.71 bits per heavy atom. The lowest BCUT2D eigenvalue weighted by molar-refractivity contribution is 0.116. The molecule has 0 saturated heterocycles. The van der Waals surface area contributed by atoms with Crippen molar-refractivity contribution in [2.24, 2.45) is 5.92 Å². The quantitative estimate of drug-likeness (QED) is 0.389. The van der Waals surface area contributed by atoms with Gasteiger partial charge < -0.3 is 9.84 Å². The Morgan fingerprint density at radius 1 is 0.786 bits per heavy atom. The standard InChI is InChI=1S/C26H46O2/c1-20(2)15-13-11-9-10-12-14-16-28-19-21-17-22(25(3,4)5)24(27)23(18-21)26(6,7)8/h17-18,20,27H,9-16,19H2,1-8H3. The number of rotatable bonds is 11. The summed E-state index contributed by atoms with van der Waals surface area (Å²) in [5.74, 6) is 1.28. The fourth-order valence-corrected chi connectivity index (χ4v) is 3.57. The number of hydrogen-bond donors (Lipinski definition) is 1. The maximum Gasteiger partial charge on any atom is 0.123 e. The molecule has 0 amide bonds. The summed E-state index contributed by atoms with van der Waals surface area (Å²) in [7, 11) is 0. The van der Waals surface area contributed by atoms with Crippen molar-refractivity contribution in [2.75, 3.05) is 6.61 Å². The molecule has 2 nitrogen and oxygen atoms in total. The number of phenolic OH excluding ortho intramolecular Hbond substituents is 1. The molecule has 0 aromatic heterocycles. The van der Waals surface area contributed by atoms with Crippen LogP contribution in [0.25, 0.3) is 0 Å². The van der Waals surface area contributed by atoms with Gasteiger partial charge in [0.2, 0.25) is 0 Å². The highest BCUT2D eigenvalue weighted by Crippen LogP contribution is 2.39. The predicted molar refractivity (Wildman–Crippen MR) is 122 cm³/mol. The van der Waals surface area contributed by atoms with Gasteiger partial charge in [-0.05, 0) is 52.0 Å². The van der Waals surface area contributed by atoms with Crippen molar-refractivity contribution in [1.82, 2.24) is 0 Å². The van der Waals surface area contributed by atoms with E-state index in [0.29, 0.717) is 12.4 Å². The molecule has 0 unspecified atom stereocenters. The van der Waals surface area contributed by atoms with Gasteiger partial charge in [0.15, 0.2) is 0 Å². The highest BCUT2D eigenvalue weighted by atomic mass is 16.5. The molecule has 0 bridgehead atoms. The summed E-state index contributed by atoms with van der Waals surface area (Å²) < 4.78 is 5.97. The van der Waals surface area contributed by atoms with Crippen LogP contribution in [0.1, 0.15) is 117 Å². The van der Waals surface area contributed by atoms with Crippen LogP contribution < -0.4 is 0 Å². The van der Waals surface area contributed by atoms with E-state index in [1.165, 1.54) is 44.1 Å². The van der Waals surface area contributed by atoms with E-state index in [1.807, 2.05) is 0 Å². The molecule has 0 heterocycles. The van der Waals surface area contributed by atoms with Gasteiger partial charge in [0.05, 0.1) is 6.61 Å².